The van der Waals surface area contributed by atoms with Crippen molar-refractivity contribution < 1.29 is 30.6 Å². The van der Waals surface area contributed by atoms with Gasteiger partial charge in [0, 0.05) is 5.56 Å². The van der Waals surface area contributed by atoms with Gasteiger partial charge in [-0.05, 0) is 11.6 Å². The molecule has 2 aromatic rings. The number of hydrogen-bond donors (Lipinski definition) is 1. The first-order valence-electron chi connectivity index (χ1n) is 8.59. The molecular weight excluding hydrogens is 385 g/mol. The maximum atomic E-state index is 13.7. The third-order valence-electron chi connectivity index (χ3n) is 3.25. The van der Waals surface area contributed by atoms with E-state index in [1.54, 1.807) is 6.07 Å². The number of ketones is 1. The van der Waals surface area contributed by atoms with Gasteiger partial charge in [-0.3, -0.25) is 4.79 Å². The quantitative estimate of drug-likeness (QED) is 0.775. The molecule has 0 bridgehead atoms. The van der Waals surface area contributed by atoms with E-state index < -0.39 is 55.7 Å². The van der Waals surface area contributed by atoms with Gasteiger partial charge in [-0.1, -0.05) is 54.1 Å². The smallest absolute Gasteiger partial charge is 0.313 e. The van der Waals surface area contributed by atoms with Gasteiger partial charge in [0.05, 0.1) is 9.13 Å². The van der Waals surface area contributed by atoms with Gasteiger partial charge in [0.1, 0.15) is 11.5 Å². The number of benzene rings is 2. The van der Waals surface area contributed by atoms with E-state index in [-0.39, 0.29) is 5.56 Å². The molecule has 0 fully saturated rings. The molecule has 1 aliphatic heterocycles. The lowest BCUT2D eigenvalue weighted by Crippen LogP contribution is -2.16. The van der Waals surface area contributed by atoms with Crippen molar-refractivity contribution >= 4 is 27.5 Å². The fourth-order valence-corrected chi connectivity index (χ4v) is 3.19. The molecule has 0 spiro atoms. The highest BCUT2D eigenvalue weighted by Crippen LogP contribution is 2.36. The van der Waals surface area contributed by atoms with E-state index in [9.17, 15) is 17.6 Å². The van der Waals surface area contributed by atoms with E-state index in [0.29, 0.717) is 0 Å². The Morgan fingerprint density at radius 1 is 1.27 bits per heavy atom. The highest BCUT2D eigenvalue weighted by Gasteiger charge is 2.40. The Balaban J connectivity index is 1.97. The van der Waals surface area contributed by atoms with Crippen molar-refractivity contribution in [3.8, 4) is 0 Å². The first kappa shape index (κ1) is 14.6. The van der Waals surface area contributed by atoms with E-state index in [4.69, 9.17) is 26.2 Å². The van der Waals surface area contributed by atoms with Crippen molar-refractivity contribution in [1.29, 1.82) is 0 Å². The molecular formula is C17H13ClFNO5S. The summed E-state index contributed by atoms with van der Waals surface area (Å²) in [4.78, 5) is 12.7. The molecule has 0 aliphatic carbocycles. The van der Waals surface area contributed by atoms with Gasteiger partial charge in [-0.15, -0.1) is 0 Å². The van der Waals surface area contributed by atoms with E-state index in [2.05, 4.69) is 4.18 Å². The summed E-state index contributed by atoms with van der Waals surface area (Å²) in [6.45, 7) is 0. The lowest BCUT2D eigenvalue weighted by molar-refractivity contribution is -0.123. The van der Waals surface area contributed by atoms with Crippen LogP contribution >= 0.6 is 11.6 Å². The number of nitrogens with two attached hydrogens (primary N) is 1. The number of rotatable bonds is 5. The fraction of sp³-hybridized carbons (Fsp3) is 0.118. The maximum absolute atomic E-state index is 13.7. The average Bonchev–Trinajstić information content (AvgIpc) is 2.88. The van der Waals surface area contributed by atoms with Crippen LogP contribution in [0.25, 0.3) is 0 Å². The van der Waals surface area contributed by atoms with Gasteiger partial charge in [-0.25, -0.2) is 4.39 Å². The molecule has 0 aromatic heterocycles. The van der Waals surface area contributed by atoms with Crippen LogP contribution in [0.5, 0.6) is 0 Å². The van der Waals surface area contributed by atoms with Crippen molar-refractivity contribution in [3.05, 3.63) is 82.1 Å². The molecule has 136 valence electrons. The third kappa shape index (κ3) is 3.66. The lowest BCUT2D eigenvalue weighted by Gasteiger charge is -2.12. The lowest BCUT2D eigenvalue weighted by atomic mass is 10.1. The highest BCUT2D eigenvalue weighted by molar-refractivity contribution is 7.86. The van der Waals surface area contributed by atoms with Crippen LogP contribution in [0.2, 0.25) is 5.02 Å². The molecule has 0 unspecified atom stereocenters. The summed E-state index contributed by atoms with van der Waals surface area (Å²) < 4.78 is 72.5. The monoisotopic (exact) mass is 400 g/mol. The summed E-state index contributed by atoms with van der Waals surface area (Å²) >= 11 is 5.80. The SMILES string of the molecule is [2H]C([2H])(c1ccccc1)S(=O)(=O)OC1=C(N)O[C@@]([2H])(c2cccc(F)c2Cl)C1=O. The van der Waals surface area contributed by atoms with Crippen molar-refractivity contribution in [3.63, 3.8) is 0 Å². The van der Waals surface area contributed by atoms with Crippen molar-refractivity contribution in [1.82, 2.24) is 0 Å². The molecule has 0 saturated carbocycles. The molecule has 26 heavy (non-hydrogen) atoms. The Kier molecular flexibility index (Phi) is 3.91. The summed E-state index contributed by atoms with van der Waals surface area (Å²) in [5, 5.41) is -0.590. The standard InChI is InChI=1S/C17H13ClFNO5S/c18-13-11(7-4-8-12(13)19)15-14(21)16(17(20)24-15)25-26(22,23)9-10-5-2-1-3-6-10/h1-8,15H,9,20H2/t15-/m0/s1/i9D2,15D. The van der Waals surface area contributed by atoms with Gasteiger partial charge in [0.15, 0.2) is 6.08 Å². The second-order valence-electron chi connectivity index (χ2n) is 5.06. The van der Waals surface area contributed by atoms with E-state index in [1.807, 2.05) is 0 Å². The predicted molar refractivity (Wildman–Crippen MR) is 91.6 cm³/mol. The maximum Gasteiger partial charge on any atom is 0.313 e. The molecule has 2 N–H and O–H groups in total. The van der Waals surface area contributed by atoms with Crippen LogP contribution in [0.1, 0.15) is 21.3 Å². The summed E-state index contributed by atoms with van der Waals surface area (Å²) in [6.07, 6.45) is -2.70. The van der Waals surface area contributed by atoms with Crippen LogP contribution < -0.4 is 5.73 Å². The van der Waals surface area contributed by atoms with Crippen LogP contribution in [0, 0.1) is 5.82 Å². The average molecular weight is 401 g/mol. The van der Waals surface area contributed by atoms with Crippen LogP contribution in [-0.4, -0.2) is 14.2 Å². The molecule has 9 heteroatoms. The van der Waals surface area contributed by atoms with Crippen molar-refractivity contribution in [2.75, 3.05) is 0 Å². The van der Waals surface area contributed by atoms with Gasteiger partial charge in [0.25, 0.3) is 0 Å². The van der Waals surface area contributed by atoms with Gasteiger partial charge in [0.2, 0.25) is 17.4 Å². The van der Waals surface area contributed by atoms with Crippen LogP contribution in [-0.2, 0) is 29.5 Å². The molecule has 6 nitrogen and oxygen atoms in total. The molecule has 1 heterocycles. The predicted octanol–water partition coefficient (Wildman–Crippen LogP) is 2.79. The summed E-state index contributed by atoms with van der Waals surface area (Å²) in [6, 6.07) is 10.1. The number of hydrogen-bond acceptors (Lipinski definition) is 6. The summed E-state index contributed by atoms with van der Waals surface area (Å²) in [5.41, 5.74) is 1.80. The van der Waals surface area contributed by atoms with E-state index >= 15 is 0 Å². The second-order valence-corrected chi connectivity index (χ2v) is 6.72. The Labute approximate surface area is 158 Å². The van der Waals surface area contributed by atoms with Crippen LogP contribution in [0.4, 0.5) is 4.39 Å². The first-order chi connectivity index (χ1) is 13.4. The Morgan fingerprint density at radius 2 is 1.96 bits per heavy atom. The van der Waals surface area contributed by atoms with Crippen molar-refractivity contribution in [2.24, 2.45) is 5.73 Å². The Bertz CT molecular complexity index is 1130. The molecule has 0 saturated heterocycles. The minimum atomic E-state index is -5.11. The number of halogens is 2. The molecule has 1 aliphatic rings. The zero-order chi connectivity index (χ0) is 21.6. The largest absolute Gasteiger partial charge is 0.460 e. The number of Topliss-reactive ketones (excluding diaryl/α,β-unsaturated/α-hetero) is 1. The first-order valence-corrected chi connectivity index (χ1v) is 8.88. The molecule has 3 rings (SSSR count). The zero-order valence-electron chi connectivity index (χ0n) is 15.9. The normalized spacial score (nSPS) is 22.4. The third-order valence-corrected chi connectivity index (χ3v) is 4.51. The van der Waals surface area contributed by atoms with Crippen LogP contribution in [0.15, 0.2) is 60.2 Å². The molecule has 0 radical (unpaired) electrons. The van der Waals surface area contributed by atoms with E-state index in [0.717, 1.165) is 12.1 Å². The van der Waals surface area contributed by atoms with Gasteiger partial charge in [-0.2, -0.15) is 8.42 Å². The minimum Gasteiger partial charge on any atom is -0.460 e. The highest BCUT2D eigenvalue weighted by atomic mass is 35.5. The molecule has 0 amide bonds. The van der Waals surface area contributed by atoms with Crippen molar-refractivity contribution in [2.45, 2.75) is 11.8 Å². The number of carbonyl (C=O) groups excluding carboxylic acids is 1. The zero-order valence-corrected chi connectivity index (χ0v) is 14.5. The molecule has 2 aromatic carbocycles. The van der Waals surface area contributed by atoms with E-state index in [1.165, 1.54) is 30.3 Å². The Morgan fingerprint density at radius 3 is 2.65 bits per heavy atom. The molecule has 1 atom stereocenters. The second kappa shape index (κ2) is 6.97. The minimum absolute atomic E-state index is 0.254. The summed E-state index contributed by atoms with van der Waals surface area (Å²) in [7, 11) is -5.11. The number of ether oxygens (including phenoxy) is 1. The van der Waals surface area contributed by atoms with Gasteiger partial charge < -0.3 is 14.7 Å². The number of carbonyl (C=O) groups is 1. The Hall–Kier alpha value is -2.58. The summed E-state index contributed by atoms with van der Waals surface area (Å²) in [5.74, 6) is -4.29. The van der Waals surface area contributed by atoms with Crippen LogP contribution in [0.3, 0.4) is 0 Å². The fourth-order valence-electron chi connectivity index (χ4n) is 2.13. The van der Waals surface area contributed by atoms with Gasteiger partial charge >= 0.3 is 10.1 Å². The topological polar surface area (TPSA) is 95.7 Å².